The second-order valence-corrected chi connectivity index (χ2v) is 7.76. The summed E-state index contributed by atoms with van der Waals surface area (Å²) in [5, 5.41) is 1.11. The molecule has 1 rings (SSSR count). The molecule has 0 amide bonds. The number of sulfonamides is 1. The third kappa shape index (κ3) is 5.93. The monoisotopic (exact) mass is 393 g/mol. The molecule has 0 radical (unpaired) electrons. The van der Waals surface area contributed by atoms with Crippen molar-refractivity contribution in [2.24, 2.45) is 0 Å². The van der Waals surface area contributed by atoms with E-state index < -0.39 is 27.8 Å². The Hall–Kier alpha value is -1.70. The summed E-state index contributed by atoms with van der Waals surface area (Å²) in [5.74, 6) is -0.110. The van der Waals surface area contributed by atoms with E-state index >= 15 is 0 Å². The fourth-order valence-electron chi connectivity index (χ4n) is 2.43. The van der Waals surface area contributed by atoms with Crippen LogP contribution in [0.3, 0.4) is 0 Å². The number of anilines is 1. The lowest BCUT2D eigenvalue weighted by molar-refractivity contribution is -0.137. The Labute approximate surface area is 153 Å². The third-order valence-corrected chi connectivity index (χ3v) is 5.26. The Morgan fingerprint density at radius 2 is 1.88 bits per heavy atom. The second-order valence-electron chi connectivity index (χ2n) is 6.06. The molecule has 0 atom stereocenters. The Bertz CT molecular complexity index is 713. The highest BCUT2D eigenvalue weighted by Gasteiger charge is 2.33. The first kappa shape index (κ1) is 22.3. The molecule has 1 aromatic carbocycles. The van der Waals surface area contributed by atoms with Gasteiger partial charge >= 0.3 is 6.18 Å². The van der Waals surface area contributed by atoms with Crippen LogP contribution in [0.15, 0.2) is 29.7 Å². The molecular weight excluding hydrogens is 367 g/mol. The van der Waals surface area contributed by atoms with Gasteiger partial charge < -0.3 is 4.74 Å². The highest BCUT2D eigenvalue weighted by atomic mass is 32.2. The smallest absolute Gasteiger partial charge is 0.416 e. The molecule has 0 aromatic heterocycles. The van der Waals surface area contributed by atoms with E-state index in [1.807, 2.05) is 6.92 Å². The predicted octanol–water partition coefficient (Wildman–Crippen LogP) is 5.35. The van der Waals surface area contributed by atoms with Crippen LogP contribution in [0.25, 0.3) is 0 Å². The van der Waals surface area contributed by atoms with Gasteiger partial charge in [0.1, 0.15) is 5.75 Å². The molecule has 0 aliphatic carbocycles. The van der Waals surface area contributed by atoms with Crippen molar-refractivity contribution in [3.8, 4) is 5.75 Å². The van der Waals surface area contributed by atoms with Gasteiger partial charge in [-0.3, -0.25) is 4.31 Å². The number of hydrogen-bond donors (Lipinski definition) is 0. The van der Waals surface area contributed by atoms with Gasteiger partial charge in [-0.15, -0.1) is 0 Å². The first-order valence-corrected chi connectivity index (χ1v) is 10.1. The van der Waals surface area contributed by atoms with Crippen molar-refractivity contribution in [1.29, 1.82) is 0 Å². The summed E-state index contributed by atoms with van der Waals surface area (Å²) in [6.45, 7) is 7.06. The van der Waals surface area contributed by atoms with Crippen molar-refractivity contribution >= 4 is 15.7 Å². The highest BCUT2D eigenvalue weighted by Crippen LogP contribution is 2.38. The molecule has 0 aliphatic rings. The molecule has 0 N–H and O–H groups in total. The normalized spacial score (nSPS) is 12.8. The molecule has 4 nitrogen and oxygen atoms in total. The molecule has 26 heavy (non-hydrogen) atoms. The lowest BCUT2D eigenvalue weighted by Gasteiger charge is -2.29. The van der Waals surface area contributed by atoms with E-state index in [9.17, 15) is 21.6 Å². The van der Waals surface area contributed by atoms with Crippen molar-refractivity contribution in [1.82, 2.24) is 0 Å². The standard InChI is InChI=1S/C18H26F3NO3S/c1-5-7-8-9-12-26(23,24)22(14(3)4)16-11-10-15(18(19,20)21)13-17(16)25-6-2/h9-14H,5-8H2,1-4H3/b12-9+. The van der Waals surface area contributed by atoms with Crippen LogP contribution >= 0.6 is 0 Å². The number of rotatable bonds is 9. The van der Waals surface area contributed by atoms with Crippen molar-refractivity contribution in [2.75, 3.05) is 10.9 Å². The summed E-state index contributed by atoms with van der Waals surface area (Å²) in [7, 11) is -3.85. The van der Waals surface area contributed by atoms with Crippen LogP contribution in [0, 0.1) is 0 Å². The maximum Gasteiger partial charge on any atom is 0.416 e. The molecule has 0 saturated carbocycles. The van der Waals surface area contributed by atoms with Gasteiger partial charge in [0.25, 0.3) is 10.0 Å². The largest absolute Gasteiger partial charge is 0.492 e. The quantitative estimate of drug-likeness (QED) is 0.531. The summed E-state index contributed by atoms with van der Waals surface area (Å²) in [6, 6.07) is 2.35. The lowest BCUT2D eigenvalue weighted by Crippen LogP contribution is -2.36. The minimum absolute atomic E-state index is 0.0926. The fraction of sp³-hybridized carbons (Fsp3) is 0.556. The minimum Gasteiger partial charge on any atom is -0.492 e. The number of nitrogens with zero attached hydrogens (tertiary/aromatic N) is 1. The number of ether oxygens (including phenoxy) is 1. The topological polar surface area (TPSA) is 46.6 Å². The van der Waals surface area contributed by atoms with Crippen LogP contribution in [0.1, 0.15) is 52.5 Å². The fourth-order valence-corrected chi connectivity index (χ4v) is 3.95. The van der Waals surface area contributed by atoms with Crippen LogP contribution in [0.5, 0.6) is 5.75 Å². The number of alkyl halides is 3. The van der Waals surface area contributed by atoms with E-state index in [0.29, 0.717) is 6.42 Å². The van der Waals surface area contributed by atoms with Crippen molar-refractivity contribution < 1.29 is 26.3 Å². The number of benzene rings is 1. The molecule has 0 saturated heterocycles. The van der Waals surface area contributed by atoms with Gasteiger partial charge in [0.2, 0.25) is 0 Å². The molecule has 8 heteroatoms. The summed E-state index contributed by atoms with van der Waals surface area (Å²) in [6.07, 6.45) is -0.554. The van der Waals surface area contributed by atoms with E-state index in [1.54, 1.807) is 26.8 Å². The maximum absolute atomic E-state index is 13.0. The van der Waals surface area contributed by atoms with Gasteiger partial charge in [-0.25, -0.2) is 8.42 Å². The van der Waals surface area contributed by atoms with Crippen LogP contribution in [-0.2, 0) is 16.2 Å². The third-order valence-electron chi connectivity index (χ3n) is 3.56. The van der Waals surface area contributed by atoms with Crippen LogP contribution < -0.4 is 9.04 Å². The lowest BCUT2D eigenvalue weighted by atomic mass is 10.1. The van der Waals surface area contributed by atoms with Crippen molar-refractivity contribution in [2.45, 2.75) is 59.2 Å². The molecule has 0 unspecified atom stereocenters. The molecular formula is C18H26F3NO3S. The number of hydrogen-bond acceptors (Lipinski definition) is 3. The molecule has 1 aromatic rings. The van der Waals surface area contributed by atoms with Gasteiger partial charge in [-0.2, -0.15) is 13.2 Å². The molecule has 0 fully saturated rings. The zero-order valence-corrected chi connectivity index (χ0v) is 16.3. The first-order chi connectivity index (χ1) is 12.0. The van der Waals surface area contributed by atoms with E-state index in [4.69, 9.17) is 4.74 Å². The Balaban J connectivity index is 3.38. The van der Waals surface area contributed by atoms with Gasteiger partial charge in [0.05, 0.1) is 17.9 Å². The van der Waals surface area contributed by atoms with Crippen molar-refractivity contribution in [3.05, 3.63) is 35.2 Å². The molecule has 0 bridgehead atoms. The molecule has 0 heterocycles. The van der Waals surface area contributed by atoms with E-state index in [2.05, 4.69) is 0 Å². The summed E-state index contributed by atoms with van der Waals surface area (Å²) >= 11 is 0. The summed E-state index contributed by atoms with van der Waals surface area (Å²) in [4.78, 5) is 0. The maximum atomic E-state index is 13.0. The number of unbranched alkanes of at least 4 members (excludes halogenated alkanes) is 2. The Kier molecular flexibility index (Phi) is 7.99. The second kappa shape index (κ2) is 9.30. The SMILES string of the molecule is CCCC/C=C/S(=O)(=O)N(c1ccc(C(F)(F)F)cc1OCC)C(C)C. The van der Waals surface area contributed by atoms with E-state index in [1.165, 1.54) is 0 Å². The summed E-state index contributed by atoms with van der Waals surface area (Å²) in [5.41, 5.74) is -0.792. The van der Waals surface area contributed by atoms with Gasteiger partial charge in [0.15, 0.2) is 0 Å². The van der Waals surface area contributed by atoms with Crippen LogP contribution in [-0.4, -0.2) is 21.1 Å². The van der Waals surface area contributed by atoms with Crippen LogP contribution in [0.4, 0.5) is 18.9 Å². The number of allylic oxidation sites excluding steroid dienone is 1. The van der Waals surface area contributed by atoms with Crippen LogP contribution in [0.2, 0.25) is 0 Å². The average Bonchev–Trinajstić information content (AvgIpc) is 2.52. The predicted molar refractivity (Wildman–Crippen MR) is 97.8 cm³/mol. The first-order valence-electron chi connectivity index (χ1n) is 8.59. The molecule has 0 spiro atoms. The zero-order valence-electron chi connectivity index (χ0n) is 15.5. The van der Waals surface area contributed by atoms with Gasteiger partial charge in [-0.1, -0.05) is 25.8 Å². The number of halogens is 3. The molecule has 0 aliphatic heterocycles. The Morgan fingerprint density at radius 1 is 1.23 bits per heavy atom. The highest BCUT2D eigenvalue weighted by molar-refractivity contribution is 7.95. The summed E-state index contributed by atoms with van der Waals surface area (Å²) < 4.78 is 70.8. The van der Waals surface area contributed by atoms with Gasteiger partial charge in [-0.05, 0) is 45.4 Å². The minimum atomic E-state index is -4.54. The average molecular weight is 393 g/mol. The van der Waals surface area contributed by atoms with E-state index in [0.717, 1.165) is 40.8 Å². The van der Waals surface area contributed by atoms with Crippen molar-refractivity contribution in [3.63, 3.8) is 0 Å². The zero-order chi connectivity index (χ0) is 20.0. The van der Waals surface area contributed by atoms with E-state index in [-0.39, 0.29) is 18.0 Å². The Morgan fingerprint density at radius 3 is 2.38 bits per heavy atom. The molecule has 148 valence electrons. The van der Waals surface area contributed by atoms with Gasteiger partial charge in [0, 0.05) is 11.4 Å².